The predicted octanol–water partition coefficient (Wildman–Crippen LogP) is 3.59. The lowest BCUT2D eigenvalue weighted by molar-refractivity contribution is -0.116. The summed E-state index contributed by atoms with van der Waals surface area (Å²) in [5, 5.41) is 4.93. The molecule has 2 aromatic rings. The molecule has 2 rings (SSSR count). The molecule has 0 bridgehead atoms. The summed E-state index contributed by atoms with van der Waals surface area (Å²) in [5.41, 5.74) is 1.51. The Morgan fingerprint density at radius 2 is 2.00 bits per heavy atom. The van der Waals surface area contributed by atoms with E-state index in [4.69, 9.17) is 0 Å². The maximum absolute atomic E-state index is 12.2. The van der Waals surface area contributed by atoms with Crippen LogP contribution in [0.25, 0.3) is 0 Å². The van der Waals surface area contributed by atoms with Crippen molar-refractivity contribution < 1.29 is 9.59 Å². The molecular weight excluding hydrogens is 322 g/mol. The molecule has 0 saturated heterocycles. The fourth-order valence-corrected chi connectivity index (χ4v) is 2.91. The molecule has 6 heteroatoms. The van der Waals surface area contributed by atoms with Gasteiger partial charge in [-0.2, -0.15) is 0 Å². The van der Waals surface area contributed by atoms with Gasteiger partial charge in [-0.3, -0.25) is 9.59 Å². The smallest absolute Gasteiger partial charge is 0.273 e. The minimum Gasteiger partial charge on any atom is -0.340 e. The SMILES string of the molecule is CCCCN(C)C(=O)c1csc(NC(=O)CCc2ccccc2)n1. The molecule has 0 unspecified atom stereocenters. The van der Waals surface area contributed by atoms with Gasteiger partial charge in [0, 0.05) is 25.4 Å². The first-order chi connectivity index (χ1) is 11.6. The second-order valence-electron chi connectivity index (χ2n) is 5.65. The Hall–Kier alpha value is -2.21. The molecule has 0 aliphatic carbocycles. The number of aromatic nitrogens is 1. The molecule has 0 spiro atoms. The molecule has 1 heterocycles. The van der Waals surface area contributed by atoms with Gasteiger partial charge >= 0.3 is 0 Å². The number of thiazole rings is 1. The Balaban J connectivity index is 1.84. The van der Waals surface area contributed by atoms with E-state index >= 15 is 0 Å². The van der Waals surface area contributed by atoms with Crippen molar-refractivity contribution in [3.8, 4) is 0 Å². The fourth-order valence-electron chi connectivity index (χ4n) is 2.21. The third kappa shape index (κ3) is 5.45. The van der Waals surface area contributed by atoms with E-state index in [-0.39, 0.29) is 11.8 Å². The number of anilines is 1. The molecule has 24 heavy (non-hydrogen) atoms. The largest absolute Gasteiger partial charge is 0.340 e. The monoisotopic (exact) mass is 345 g/mol. The average molecular weight is 345 g/mol. The van der Waals surface area contributed by atoms with Gasteiger partial charge in [-0.25, -0.2) is 4.98 Å². The summed E-state index contributed by atoms with van der Waals surface area (Å²) in [6.45, 7) is 2.80. The van der Waals surface area contributed by atoms with Gasteiger partial charge in [0.05, 0.1) is 0 Å². The van der Waals surface area contributed by atoms with Crippen molar-refractivity contribution in [1.82, 2.24) is 9.88 Å². The third-order valence-corrected chi connectivity index (χ3v) is 4.40. The lowest BCUT2D eigenvalue weighted by Gasteiger charge is -2.14. The number of carbonyl (C=O) groups is 2. The molecule has 2 amide bonds. The molecule has 0 fully saturated rings. The highest BCUT2D eigenvalue weighted by atomic mass is 32.1. The van der Waals surface area contributed by atoms with Crippen molar-refractivity contribution in [2.24, 2.45) is 0 Å². The highest BCUT2D eigenvalue weighted by Crippen LogP contribution is 2.17. The van der Waals surface area contributed by atoms with E-state index in [1.54, 1.807) is 17.3 Å². The maximum Gasteiger partial charge on any atom is 0.273 e. The lowest BCUT2D eigenvalue weighted by atomic mass is 10.1. The summed E-state index contributed by atoms with van der Waals surface area (Å²) in [6.07, 6.45) is 3.08. The standard InChI is InChI=1S/C18H23N3O2S/c1-3-4-12-21(2)17(23)15-13-24-18(19-15)20-16(22)11-10-14-8-6-5-7-9-14/h5-9,13H,3-4,10-12H2,1-2H3,(H,19,20,22). The van der Waals surface area contributed by atoms with Crippen LogP contribution in [0.15, 0.2) is 35.7 Å². The van der Waals surface area contributed by atoms with E-state index in [0.29, 0.717) is 30.2 Å². The Morgan fingerprint density at radius 1 is 1.25 bits per heavy atom. The van der Waals surface area contributed by atoms with Crippen LogP contribution in [-0.4, -0.2) is 35.3 Å². The first kappa shape index (κ1) is 18.1. The number of unbranched alkanes of at least 4 members (excludes halogenated alkanes) is 1. The highest BCUT2D eigenvalue weighted by molar-refractivity contribution is 7.14. The van der Waals surface area contributed by atoms with Crippen LogP contribution in [-0.2, 0) is 11.2 Å². The zero-order valence-electron chi connectivity index (χ0n) is 14.1. The van der Waals surface area contributed by atoms with Crippen LogP contribution in [0.1, 0.15) is 42.2 Å². The first-order valence-corrected chi connectivity index (χ1v) is 9.03. The second-order valence-corrected chi connectivity index (χ2v) is 6.51. The minimum absolute atomic E-state index is 0.0912. The van der Waals surface area contributed by atoms with Crippen molar-refractivity contribution >= 4 is 28.3 Å². The molecule has 0 atom stereocenters. The van der Waals surface area contributed by atoms with Gasteiger partial charge in [0.25, 0.3) is 5.91 Å². The fraction of sp³-hybridized carbons (Fsp3) is 0.389. The number of nitrogens with one attached hydrogen (secondary N) is 1. The summed E-state index contributed by atoms with van der Waals surface area (Å²) < 4.78 is 0. The predicted molar refractivity (Wildman–Crippen MR) is 97.4 cm³/mol. The molecule has 128 valence electrons. The topological polar surface area (TPSA) is 62.3 Å². The number of amides is 2. The average Bonchev–Trinajstić information content (AvgIpc) is 3.06. The molecule has 0 aliphatic heterocycles. The van der Waals surface area contributed by atoms with Gasteiger partial charge in [-0.1, -0.05) is 43.7 Å². The third-order valence-electron chi connectivity index (χ3n) is 3.65. The van der Waals surface area contributed by atoms with Gasteiger partial charge in [0.15, 0.2) is 5.13 Å². The summed E-state index contributed by atoms with van der Waals surface area (Å²) in [7, 11) is 1.77. The van der Waals surface area contributed by atoms with Crippen LogP contribution >= 0.6 is 11.3 Å². The quantitative estimate of drug-likeness (QED) is 0.795. The Bertz CT molecular complexity index is 670. The Morgan fingerprint density at radius 3 is 2.71 bits per heavy atom. The molecule has 1 N–H and O–H groups in total. The van der Waals surface area contributed by atoms with Crippen molar-refractivity contribution in [2.45, 2.75) is 32.6 Å². The molecule has 1 aromatic carbocycles. The highest BCUT2D eigenvalue weighted by Gasteiger charge is 2.16. The Kier molecular flexibility index (Phi) is 6.93. The van der Waals surface area contributed by atoms with Crippen molar-refractivity contribution in [1.29, 1.82) is 0 Å². The number of nitrogens with zero attached hydrogens (tertiary/aromatic N) is 2. The van der Waals surface area contributed by atoms with Gasteiger partial charge in [0.1, 0.15) is 5.69 Å². The van der Waals surface area contributed by atoms with Gasteiger partial charge in [-0.05, 0) is 18.4 Å². The number of carbonyl (C=O) groups excluding carboxylic acids is 2. The van der Waals surface area contributed by atoms with E-state index in [0.717, 1.165) is 18.4 Å². The molecular formula is C18H23N3O2S. The normalized spacial score (nSPS) is 10.4. The van der Waals surface area contributed by atoms with E-state index in [2.05, 4.69) is 17.2 Å². The van der Waals surface area contributed by atoms with Crippen molar-refractivity contribution in [3.05, 3.63) is 47.0 Å². The van der Waals surface area contributed by atoms with E-state index in [1.807, 2.05) is 30.3 Å². The number of hydrogen-bond acceptors (Lipinski definition) is 4. The van der Waals surface area contributed by atoms with E-state index < -0.39 is 0 Å². The zero-order valence-corrected chi connectivity index (χ0v) is 14.9. The van der Waals surface area contributed by atoms with Crippen LogP contribution in [0, 0.1) is 0 Å². The summed E-state index contributed by atoms with van der Waals surface area (Å²) in [4.78, 5) is 30.1. The molecule has 0 saturated carbocycles. The minimum atomic E-state index is -0.107. The number of benzene rings is 1. The van der Waals surface area contributed by atoms with Crippen LogP contribution < -0.4 is 5.32 Å². The molecule has 1 aromatic heterocycles. The summed E-state index contributed by atoms with van der Waals surface area (Å²) >= 11 is 1.28. The van der Waals surface area contributed by atoms with Crippen LogP contribution in [0.4, 0.5) is 5.13 Å². The van der Waals surface area contributed by atoms with Gasteiger partial charge < -0.3 is 10.2 Å². The molecule has 0 aliphatic rings. The Labute approximate surface area is 146 Å². The number of hydrogen-bond donors (Lipinski definition) is 1. The summed E-state index contributed by atoms with van der Waals surface area (Å²) in [6, 6.07) is 9.87. The van der Waals surface area contributed by atoms with Crippen molar-refractivity contribution in [2.75, 3.05) is 18.9 Å². The molecule has 0 radical (unpaired) electrons. The van der Waals surface area contributed by atoms with Crippen LogP contribution in [0.5, 0.6) is 0 Å². The number of rotatable bonds is 8. The number of aryl methyl sites for hydroxylation is 1. The van der Waals surface area contributed by atoms with Crippen molar-refractivity contribution in [3.63, 3.8) is 0 Å². The first-order valence-electron chi connectivity index (χ1n) is 8.15. The zero-order chi connectivity index (χ0) is 17.4. The van der Waals surface area contributed by atoms with E-state index in [9.17, 15) is 9.59 Å². The van der Waals surface area contributed by atoms with Gasteiger partial charge in [0.2, 0.25) is 5.91 Å². The van der Waals surface area contributed by atoms with Crippen LogP contribution in [0.3, 0.4) is 0 Å². The maximum atomic E-state index is 12.2. The van der Waals surface area contributed by atoms with Gasteiger partial charge in [-0.15, -0.1) is 11.3 Å². The lowest BCUT2D eigenvalue weighted by Crippen LogP contribution is -2.28. The summed E-state index contributed by atoms with van der Waals surface area (Å²) in [5.74, 6) is -0.198. The molecule has 5 nitrogen and oxygen atoms in total. The van der Waals surface area contributed by atoms with Crippen LogP contribution in [0.2, 0.25) is 0 Å². The van der Waals surface area contributed by atoms with E-state index in [1.165, 1.54) is 11.3 Å². The second kappa shape index (κ2) is 9.17.